The molecule has 2 nitrogen and oxygen atoms in total. The van der Waals surface area contributed by atoms with Gasteiger partial charge < -0.3 is 5.32 Å². The Labute approximate surface area is 136 Å². The van der Waals surface area contributed by atoms with Crippen LogP contribution < -0.4 is 5.32 Å². The number of aryl methyl sites for hydroxylation is 2. The summed E-state index contributed by atoms with van der Waals surface area (Å²) in [6.07, 6.45) is 1.96. The predicted molar refractivity (Wildman–Crippen MR) is 92.3 cm³/mol. The molecule has 1 saturated carbocycles. The number of hydrogen-bond donors (Lipinski definition) is 1. The van der Waals surface area contributed by atoms with Crippen molar-refractivity contribution in [1.29, 1.82) is 0 Å². The van der Waals surface area contributed by atoms with Crippen molar-refractivity contribution in [2.45, 2.75) is 33.6 Å². The molecule has 1 fully saturated rings. The minimum Gasteiger partial charge on any atom is -0.326 e. The van der Waals surface area contributed by atoms with E-state index in [1.807, 2.05) is 37.3 Å². The van der Waals surface area contributed by atoms with Crippen molar-refractivity contribution in [3.63, 3.8) is 0 Å². The van der Waals surface area contributed by atoms with E-state index in [1.54, 1.807) is 0 Å². The highest BCUT2D eigenvalue weighted by atomic mass is 35.5. The summed E-state index contributed by atoms with van der Waals surface area (Å²) in [6, 6.07) is 12.0. The van der Waals surface area contributed by atoms with Crippen LogP contribution in [0.2, 0.25) is 5.02 Å². The van der Waals surface area contributed by atoms with Crippen molar-refractivity contribution < 1.29 is 4.79 Å². The van der Waals surface area contributed by atoms with Crippen LogP contribution in [0.5, 0.6) is 0 Å². The van der Waals surface area contributed by atoms with Gasteiger partial charge in [-0.1, -0.05) is 30.7 Å². The Hall–Kier alpha value is -1.80. The van der Waals surface area contributed by atoms with E-state index >= 15 is 0 Å². The van der Waals surface area contributed by atoms with E-state index in [9.17, 15) is 4.79 Å². The molecule has 3 rings (SSSR count). The Balaban J connectivity index is 1.94. The van der Waals surface area contributed by atoms with Gasteiger partial charge in [-0.2, -0.15) is 0 Å². The van der Waals surface area contributed by atoms with Crippen molar-refractivity contribution in [1.82, 2.24) is 0 Å². The molecule has 1 aliphatic rings. The summed E-state index contributed by atoms with van der Waals surface area (Å²) in [5.41, 5.74) is 5.28. The van der Waals surface area contributed by atoms with E-state index in [0.717, 1.165) is 40.2 Å². The first-order valence-electron chi connectivity index (χ1n) is 7.58. The van der Waals surface area contributed by atoms with Gasteiger partial charge in [-0.3, -0.25) is 4.79 Å². The first kappa shape index (κ1) is 15.1. The first-order chi connectivity index (χ1) is 10.4. The summed E-state index contributed by atoms with van der Waals surface area (Å²) < 4.78 is 0. The molecule has 2 aromatic rings. The van der Waals surface area contributed by atoms with Gasteiger partial charge in [-0.15, -0.1) is 0 Å². The average Bonchev–Trinajstić information content (AvgIpc) is 3.21. The zero-order valence-electron chi connectivity index (χ0n) is 13.2. The first-order valence-corrected chi connectivity index (χ1v) is 7.95. The minimum absolute atomic E-state index is 0.120. The third-order valence-corrected chi connectivity index (χ3v) is 4.76. The zero-order valence-corrected chi connectivity index (χ0v) is 13.9. The number of amides is 1. The zero-order chi connectivity index (χ0) is 15.9. The van der Waals surface area contributed by atoms with Gasteiger partial charge in [0.2, 0.25) is 5.91 Å². The van der Waals surface area contributed by atoms with Crippen molar-refractivity contribution in [3.8, 4) is 11.1 Å². The highest BCUT2D eigenvalue weighted by Gasteiger charge is 2.44. The van der Waals surface area contributed by atoms with Crippen LogP contribution in [0.25, 0.3) is 11.1 Å². The van der Waals surface area contributed by atoms with Gasteiger partial charge in [-0.25, -0.2) is 0 Å². The predicted octanol–water partition coefficient (Wildman–Crippen LogP) is 5.36. The largest absolute Gasteiger partial charge is 0.326 e. The number of anilines is 1. The molecular weight excluding hydrogens is 294 g/mol. The maximum atomic E-state index is 12.2. The Morgan fingerprint density at radius 2 is 1.77 bits per heavy atom. The van der Waals surface area contributed by atoms with Crippen LogP contribution in [-0.2, 0) is 4.79 Å². The SMILES string of the molecule is Cc1cc(Cl)ccc1-c1cc(NC(=O)C2(C)CC2)ccc1C. The van der Waals surface area contributed by atoms with E-state index in [0.29, 0.717) is 0 Å². The molecule has 1 N–H and O–H groups in total. The molecule has 22 heavy (non-hydrogen) atoms. The molecule has 1 aliphatic carbocycles. The molecule has 2 aromatic carbocycles. The Kier molecular flexibility index (Phi) is 3.73. The third kappa shape index (κ3) is 2.89. The second kappa shape index (κ2) is 5.44. The van der Waals surface area contributed by atoms with E-state index < -0.39 is 0 Å². The van der Waals surface area contributed by atoms with Crippen LogP contribution in [-0.4, -0.2) is 5.91 Å². The molecule has 0 atom stereocenters. The average molecular weight is 314 g/mol. The lowest BCUT2D eigenvalue weighted by atomic mass is 9.96. The van der Waals surface area contributed by atoms with E-state index in [-0.39, 0.29) is 11.3 Å². The summed E-state index contributed by atoms with van der Waals surface area (Å²) in [5, 5.41) is 3.79. The number of halogens is 1. The maximum absolute atomic E-state index is 12.2. The normalized spacial score (nSPS) is 15.5. The molecule has 0 aromatic heterocycles. The Morgan fingerprint density at radius 3 is 2.41 bits per heavy atom. The highest BCUT2D eigenvalue weighted by molar-refractivity contribution is 6.30. The van der Waals surface area contributed by atoms with Gasteiger partial charge >= 0.3 is 0 Å². The van der Waals surface area contributed by atoms with Gasteiger partial charge in [0.15, 0.2) is 0 Å². The van der Waals surface area contributed by atoms with Crippen molar-refractivity contribution in [2.75, 3.05) is 5.32 Å². The van der Waals surface area contributed by atoms with Crippen LogP contribution in [0.15, 0.2) is 36.4 Å². The van der Waals surface area contributed by atoms with Crippen LogP contribution in [0.4, 0.5) is 5.69 Å². The van der Waals surface area contributed by atoms with Gasteiger partial charge in [0.25, 0.3) is 0 Å². The Morgan fingerprint density at radius 1 is 1.05 bits per heavy atom. The summed E-state index contributed by atoms with van der Waals surface area (Å²) in [6.45, 7) is 6.15. The molecule has 0 spiro atoms. The standard InChI is InChI=1S/C19H20ClNO/c1-12-4-6-15(21-18(22)19(3)8-9-19)11-17(12)16-7-5-14(20)10-13(16)2/h4-7,10-11H,8-9H2,1-3H3,(H,21,22). The van der Waals surface area contributed by atoms with Crippen LogP contribution in [0.3, 0.4) is 0 Å². The molecule has 3 heteroatoms. The lowest BCUT2D eigenvalue weighted by Crippen LogP contribution is -2.21. The lowest BCUT2D eigenvalue weighted by molar-refractivity contribution is -0.120. The topological polar surface area (TPSA) is 29.1 Å². The van der Waals surface area contributed by atoms with Crippen molar-refractivity contribution >= 4 is 23.2 Å². The summed E-state index contributed by atoms with van der Waals surface area (Å²) in [7, 11) is 0. The third-order valence-electron chi connectivity index (χ3n) is 4.52. The second-order valence-corrected chi connectivity index (χ2v) is 6.94. The maximum Gasteiger partial charge on any atom is 0.230 e. The molecule has 0 bridgehead atoms. The molecule has 0 unspecified atom stereocenters. The number of carbonyl (C=O) groups excluding carboxylic acids is 1. The number of nitrogens with one attached hydrogen (secondary N) is 1. The van der Waals surface area contributed by atoms with Gasteiger partial charge in [-0.05, 0) is 73.2 Å². The highest BCUT2D eigenvalue weighted by Crippen LogP contribution is 2.45. The molecule has 1 amide bonds. The van der Waals surface area contributed by atoms with Gasteiger partial charge in [0, 0.05) is 16.1 Å². The van der Waals surface area contributed by atoms with Crippen LogP contribution >= 0.6 is 11.6 Å². The second-order valence-electron chi connectivity index (χ2n) is 6.50. The van der Waals surface area contributed by atoms with Crippen LogP contribution in [0.1, 0.15) is 30.9 Å². The summed E-state index contributed by atoms with van der Waals surface area (Å²) in [5.74, 6) is 0.120. The number of benzene rings is 2. The van der Waals surface area contributed by atoms with E-state index in [2.05, 4.69) is 25.2 Å². The fraction of sp³-hybridized carbons (Fsp3) is 0.316. The molecule has 114 valence electrons. The summed E-state index contributed by atoms with van der Waals surface area (Å²) >= 11 is 6.04. The Bertz CT molecular complexity index is 747. The quantitative estimate of drug-likeness (QED) is 0.811. The van der Waals surface area contributed by atoms with Gasteiger partial charge in [0.1, 0.15) is 0 Å². The summed E-state index contributed by atoms with van der Waals surface area (Å²) in [4.78, 5) is 12.2. The molecular formula is C19H20ClNO. The number of carbonyl (C=O) groups is 1. The molecule has 0 aliphatic heterocycles. The number of hydrogen-bond acceptors (Lipinski definition) is 1. The van der Waals surface area contributed by atoms with Gasteiger partial charge in [0.05, 0.1) is 0 Å². The molecule has 0 saturated heterocycles. The number of rotatable bonds is 3. The van der Waals surface area contributed by atoms with Crippen molar-refractivity contribution in [3.05, 3.63) is 52.5 Å². The van der Waals surface area contributed by atoms with E-state index in [1.165, 1.54) is 5.56 Å². The molecule has 0 heterocycles. The minimum atomic E-state index is -0.165. The molecule has 0 radical (unpaired) electrons. The van der Waals surface area contributed by atoms with Crippen molar-refractivity contribution in [2.24, 2.45) is 5.41 Å². The monoisotopic (exact) mass is 313 g/mol. The fourth-order valence-corrected chi connectivity index (χ4v) is 2.84. The van der Waals surface area contributed by atoms with E-state index in [4.69, 9.17) is 11.6 Å². The van der Waals surface area contributed by atoms with Crippen LogP contribution in [0, 0.1) is 19.3 Å². The fourth-order valence-electron chi connectivity index (χ4n) is 2.62. The lowest BCUT2D eigenvalue weighted by Gasteiger charge is -2.14. The smallest absolute Gasteiger partial charge is 0.230 e.